The van der Waals surface area contributed by atoms with Crippen molar-refractivity contribution in [1.29, 1.82) is 0 Å². The summed E-state index contributed by atoms with van der Waals surface area (Å²) in [6.45, 7) is 4.75. The van der Waals surface area contributed by atoms with Gasteiger partial charge in [-0.2, -0.15) is 13.2 Å². The molecule has 0 amide bonds. The predicted octanol–water partition coefficient (Wildman–Crippen LogP) is 4.22. The number of hydrogen-bond donors (Lipinski definition) is 1. The highest BCUT2D eigenvalue weighted by Crippen LogP contribution is 2.31. The molecule has 0 spiro atoms. The van der Waals surface area contributed by atoms with Gasteiger partial charge in [0.25, 0.3) is 0 Å². The monoisotopic (exact) mass is 368 g/mol. The van der Waals surface area contributed by atoms with Crippen molar-refractivity contribution in [2.45, 2.75) is 39.2 Å². The van der Waals surface area contributed by atoms with Crippen molar-refractivity contribution < 1.29 is 27.4 Å². The van der Waals surface area contributed by atoms with Crippen molar-refractivity contribution >= 4 is 11.7 Å². The summed E-state index contributed by atoms with van der Waals surface area (Å²) < 4.78 is 49.6. The van der Waals surface area contributed by atoms with Crippen molar-refractivity contribution in [2.75, 3.05) is 5.73 Å². The molecule has 5 nitrogen and oxygen atoms in total. The Morgan fingerprint density at radius 2 is 1.85 bits per heavy atom. The lowest BCUT2D eigenvalue weighted by atomic mass is 10.0. The fourth-order valence-corrected chi connectivity index (χ4v) is 2.03. The second-order valence-electron chi connectivity index (χ2n) is 6.59. The van der Waals surface area contributed by atoms with Crippen LogP contribution in [0.15, 0.2) is 36.5 Å². The second kappa shape index (κ2) is 7.23. The standard InChI is InChI=1S/C18H19F3N2O3/c1-17(2,3)26-16(24)14-8-12(18(19,20)21)5-4-11(14)10-25-15-7-6-13(22)9-23-15/h4-9H,10,22H2,1-3H3. The molecule has 0 aliphatic carbocycles. The zero-order valence-electron chi connectivity index (χ0n) is 14.6. The average molecular weight is 368 g/mol. The van der Waals surface area contributed by atoms with Gasteiger partial charge in [-0.25, -0.2) is 9.78 Å². The van der Waals surface area contributed by atoms with E-state index in [1.807, 2.05) is 0 Å². The first-order chi connectivity index (χ1) is 12.0. The summed E-state index contributed by atoms with van der Waals surface area (Å²) in [6.07, 6.45) is -3.19. The number of esters is 1. The number of aromatic nitrogens is 1. The number of pyridine rings is 1. The normalized spacial score (nSPS) is 11.9. The number of halogens is 3. The van der Waals surface area contributed by atoms with E-state index in [4.69, 9.17) is 15.2 Å². The summed E-state index contributed by atoms with van der Waals surface area (Å²) in [7, 11) is 0. The Labute approximate surface area is 148 Å². The predicted molar refractivity (Wildman–Crippen MR) is 89.6 cm³/mol. The van der Waals surface area contributed by atoms with E-state index in [0.29, 0.717) is 5.69 Å². The average Bonchev–Trinajstić information content (AvgIpc) is 2.51. The Bertz CT molecular complexity index is 782. The number of hydrogen-bond acceptors (Lipinski definition) is 5. The van der Waals surface area contributed by atoms with Crippen LogP contribution in [-0.2, 0) is 17.5 Å². The molecule has 1 aromatic heterocycles. The van der Waals surface area contributed by atoms with Gasteiger partial charge in [-0.1, -0.05) is 6.07 Å². The van der Waals surface area contributed by atoms with Crippen molar-refractivity contribution in [2.24, 2.45) is 0 Å². The molecule has 2 aromatic rings. The van der Waals surface area contributed by atoms with Crippen LogP contribution in [0.5, 0.6) is 5.88 Å². The SMILES string of the molecule is CC(C)(C)OC(=O)c1cc(C(F)(F)F)ccc1COc1ccc(N)cn1. The van der Waals surface area contributed by atoms with Crippen molar-refractivity contribution in [3.63, 3.8) is 0 Å². The van der Waals surface area contributed by atoms with Gasteiger partial charge in [-0.15, -0.1) is 0 Å². The summed E-state index contributed by atoms with van der Waals surface area (Å²) >= 11 is 0. The zero-order chi connectivity index (χ0) is 19.5. The Hall–Kier alpha value is -2.77. The number of nitrogens with zero attached hydrogens (tertiary/aromatic N) is 1. The minimum atomic E-state index is -4.57. The maximum Gasteiger partial charge on any atom is 0.416 e. The van der Waals surface area contributed by atoms with E-state index < -0.39 is 23.3 Å². The fourth-order valence-electron chi connectivity index (χ4n) is 2.03. The highest BCUT2D eigenvalue weighted by molar-refractivity contribution is 5.91. The minimum Gasteiger partial charge on any atom is -0.473 e. The lowest BCUT2D eigenvalue weighted by Gasteiger charge is -2.21. The molecule has 0 atom stereocenters. The van der Waals surface area contributed by atoms with Gasteiger partial charge >= 0.3 is 12.1 Å². The molecule has 0 aliphatic heterocycles. The zero-order valence-corrected chi connectivity index (χ0v) is 14.6. The molecule has 0 saturated heterocycles. The van der Waals surface area contributed by atoms with Crippen molar-refractivity contribution in [3.8, 4) is 5.88 Å². The molecule has 26 heavy (non-hydrogen) atoms. The van der Waals surface area contributed by atoms with Gasteiger partial charge in [0.15, 0.2) is 0 Å². The molecule has 0 radical (unpaired) electrons. The molecule has 1 heterocycles. The van der Waals surface area contributed by atoms with Gasteiger partial charge in [-0.05, 0) is 39.0 Å². The summed E-state index contributed by atoms with van der Waals surface area (Å²) in [4.78, 5) is 16.3. The summed E-state index contributed by atoms with van der Waals surface area (Å²) in [5, 5.41) is 0. The van der Waals surface area contributed by atoms with E-state index >= 15 is 0 Å². The van der Waals surface area contributed by atoms with Gasteiger partial charge in [0.05, 0.1) is 23.0 Å². The second-order valence-corrected chi connectivity index (χ2v) is 6.59. The molecule has 0 fully saturated rings. The molecular formula is C18H19F3N2O3. The largest absolute Gasteiger partial charge is 0.473 e. The molecular weight excluding hydrogens is 349 g/mol. The Balaban J connectivity index is 2.31. The first-order valence-corrected chi connectivity index (χ1v) is 7.73. The molecule has 0 unspecified atom stereocenters. The molecule has 2 rings (SSSR count). The minimum absolute atomic E-state index is 0.149. The van der Waals surface area contributed by atoms with E-state index in [1.165, 1.54) is 18.3 Å². The van der Waals surface area contributed by atoms with Crippen molar-refractivity contribution in [3.05, 3.63) is 53.2 Å². The molecule has 0 saturated carbocycles. The maximum absolute atomic E-state index is 13.0. The van der Waals surface area contributed by atoms with E-state index in [1.54, 1.807) is 26.8 Å². The highest BCUT2D eigenvalue weighted by Gasteiger charge is 2.32. The van der Waals surface area contributed by atoms with Crippen LogP contribution in [0.4, 0.5) is 18.9 Å². The summed E-state index contributed by atoms with van der Waals surface area (Å²) in [5.74, 6) is -0.623. The number of nitrogen functional groups attached to an aromatic ring is 1. The van der Waals surface area contributed by atoms with Crippen LogP contribution in [-0.4, -0.2) is 16.6 Å². The number of rotatable bonds is 4. The third kappa shape index (κ3) is 5.37. The lowest BCUT2D eigenvalue weighted by Crippen LogP contribution is -2.25. The summed E-state index contributed by atoms with van der Waals surface area (Å²) in [5.41, 5.74) is 4.24. The van der Waals surface area contributed by atoms with Crippen LogP contribution < -0.4 is 10.5 Å². The van der Waals surface area contributed by atoms with Gasteiger partial charge < -0.3 is 15.2 Å². The number of carbonyl (C=O) groups excluding carboxylic acids is 1. The smallest absolute Gasteiger partial charge is 0.416 e. The molecule has 140 valence electrons. The molecule has 1 aromatic carbocycles. The van der Waals surface area contributed by atoms with Crippen LogP contribution >= 0.6 is 0 Å². The van der Waals surface area contributed by atoms with Crippen LogP contribution in [0, 0.1) is 0 Å². The van der Waals surface area contributed by atoms with Crippen LogP contribution in [0.25, 0.3) is 0 Å². The third-order valence-electron chi connectivity index (χ3n) is 3.19. The Kier molecular flexibility index (Phi) is 5.44. The molecule has 0 aliphatic rings. The number of carbonyl (C=O) groups is 1. The fraction of sp³-hybridized carbons (Fsp3) is 0.333. The first kappa shape index (κ1) is 19.6. The van der Waals surface area contributed by atoms with Gasteiger partial charge in [-0.3, -0.25) is 0 Å². The number of alkyl halides is 3. The number of ether oxygens (including phenoxy) is 2. The third-order valence-corrected chi connectivity index (χ3v) is 3.19. The first-order valence-electron chi connectivity index (χ1n) is 7.73. The van der Waals surface area contributed by atoms with Crippen LogP contribution in [0.2, 0.25) is 0 Å². The Morgan fingerprint density at radius 3 is 2.38 bits per heavy atom. The summed E-state index contributed by atoms with van der Waals surface area (Å²) in [6, 6.07) is 5.95. The van der Waals surface area contributed by atoms with E-state index in [2.05, 4.69) is 4.98 Å². The van der Waals surface area contributed by atoms with Crippen LogP contribution in [0.3, 0.4) is 0 Å². The van der Waals surface area contributed by atoms with Crippen molar-refractivity contribution in [1.82, 2.24) is 4.98 Å². The van der Waals surface area contributed by atoms with Gasteiger partial charge in [0.2, 0.25) is 5.88 Å². The topological polar surface area (TPSA) is 74.4 Å². The highest BCUT2D eigenvalue weighted by atomic mass is 19.4. The van der Waals surface area contributed by atoms with E-state index in [0.717, 1.165) is 12.1 Å². The van der Waals surface area contributed by atoms with E-state index in [-0.39, 0.29) is 23.6 Å². The van der Waals surface area contributed by atoms with Crippen LogP contribution in [0.1, 0.15) is 42.3 Å². The van der Waals surface area contributed by atoms with Gasteiger partial charge in [0.1, 0.15) is 12.2 Å². The Morgan fingerprint density at radius 1 is 1.15 bits per heavy atom. The number of benzene rings is 1. The van der Waals surface area contributed by atoms with Gasteiger partial charge in [0, 0.05) is 11.6 Å². The number of nitrogens with two attached hydrogens (primary N) is 1. The lowest BCUT2D eigenvalue weighted by molar-refractivity contribution is -0.137. The molecule has 0 bridgehead atoms. The molecule has 2 N–H and O–H groups in total. The maximum atomic E-state index is 13.0. The van der Waals surface area contributed by atoms with E-state index in [9.17, 15) is 18.0 Å². The molecule has 8 heteroatoms. The quantitative estimate of drug-likeness (QED) is 0.818. The number of anilines is 1.